The van der Waals surface area contributed by atoms with Crippen LogP contribution in [0.3, 0.4) is 0 Å². The monoisotopic (exact) mass is 430 g/mol. The standard InChI is InChI=1S/C21H29F3N2O4/c1-3-14(11-27)19(28)26-12-20(13-26)9-7-15(8-10-20)30-17-6-5-16(21(22,23)24)18(25-17)29-4-2/h5-6,14-15,27H,3-4,7-13H2,1-2H3/t14-/m1/s1. The van der Waals surface area contributed by atoms with Crippen LogP contribution in [0.25, 0.3) is 0 Å². The van der Waals surface area contributed by atoms with E-state index in [1.807, 2.05) is 11.8 Å². The lowest BCUT2D eigenvalue weighted by Crippen LogP contribution is -2.61. The molecule has 2 aliphatic rings. The van der Waals surface area contributed by atoms with Gasteiger partial charge >= 0.3 is 6.18 Å². The normalized spacial score (nSPS) is 20.0. The molecule has 1 amide bonds. The molecular weight excluding hydrogens is 401 g/mol. The summed E-state index contributed by atoms with van der Waals surface area (Å²) < 4.78 is 50.1. The fraction of sp³-hybridized carbons (Fsp3) is 0.714. The SMILES string of the molecule is CCOc1nc(OC2CCC3(CC2)CN(C(=O)[C@H](CC)CO)C3)ccc1C(F)(F)F. The summed E-state index contributed by atoms with van der Waals surface area (Å²) in [6.45, 7) is 4.84. The Kier molecular flexibility index (Phi) is 6.79. The van der Waals surface area contributed by atoms with Gasteiger partial charge in [-0.15, -0.1) is 0 Å². The maximum atomic E-state index is 13.1. The number of hydrogen-bond acceptors (Lipinski definition) is 5. The Bertz CT molecular complexity index is 736. The number of aromatic nitrogens is 1. The molecule has 1 aromatic rings. The highest BCUT2D eigenvalue weighted by atomic mass is 19.4. The summed E-state index contributed by atoms with van der Waals surface area (Å²) in [5.41, 5.74) is -0.820. The number of carbonyl (C=O) groups is 1. The second-order valence-electron chi connectivity index (χ2n) is 8.23. The van der Waals surface area contributed by atoms with Crippen LogP contribution in [0.15, 0.2) is 12.1 Å². The predicted molar refractivity (Wildman–Crippen MR) is 103 cm³/mol. The molecule has 30 heavy (non-hydrogen) atoms. The van der Waals surface area contributed by atoms with Gasteiger partial charge in [0.25, 0.3) is 0 Å². The van der Waals surface area contributed by atoms with Gasteiger partial charge in [-0.25, -0.2) is 0 Å². The van der Waals surface area contributed by atoms with Crippen molar-refractivity contribution in [3.8, 4) is 11.8 Å². The molecule has 1 aliphatic carbocycles. The van der Waals surface area contributed by atoms with E-state index in [0.29, 0.717) is 19.5 Å². The number of likely N-dealkylation sites (tertiary alicyclic amines) is 1. The predicted octanol–water partition coefficient (Wildman–Crippen LogP) is 3.67. The molecular formula is C21H29F3N2O4. The highest BCUT2D eigenvalue weighted by molar-refractivity contribution is 5.80. The maximum Gasteiger partial charge on any atom is 0.421 e. The zero-order valence-electron chi connectivity index (χ0n) is 17.4. The summed E-state index contributed by atoms with van der Waals surface area (Å²) >= 11 is 0. The summed E-state index contributed by atoms with van der Waals surface area (Å²) in [6, 6.07) is 2.18. The Labute approximate surface area is 174 Å². The molecule has 1 aliphatic heterocycles. The quantitative estimate of drug-likeness (QED) is 0.715. The van der Waals surface area contributed by atoms with E-state index in [-0.39, 0.29) is 42.4 Å². The van der Waals surface area contributed by atoms with E-state index in [9.17, 15) is 23.1 Å². The first-order valence-electron chi connectivity index (χ1n) is 10.5. The third kappa shape index (κ3) is 4.82. The Hall–Kier alpha value is -2.03. The molecule has 1 saturated heterocycles. The molecule has 0 bridgehead atoms. The summed E-state index contributed by atoms with van der Waals surface area (Å²) in [7, 11) is 0. The molecule has 1 N–H and O–H groups in total. The molecule has 0 unspecified atom stereocenters. The maximum absolute atomic E-state index is 13.1. The van der Waals surface area contributed by atoms with Crippen molar-refractivity contribution >= 4 is 5.91 Å². The van der Waals surface area contributed by atoms with Gasteiger partial charge in [-0.1, -0.05) is 6.92 Å². The first-order valence-corrected chi connectivity index (χ1v) is 10.5. The zero-order valence-corrected chi connectivity index (χ0v) is 17.4. The second kappa shape index (κ2) is 8.99. The number of hydrogen-bond donors (Lipinski definition) is 1. The van der Waals surface area contributed by atoms with Crippen LogP contribution >= 0.6 is 0 Å². The van der Waals surface area contributed by atoms with Crippen molar-refractivity contribution in [1.29, 1.82) is 0 Å². The van der Waals surface area contributed by atoms with Gasteiger partial charge in [0.1, 0.15) is 11.7 Å². The number of aliphatic hydroxyl groups excluding tert-OH is 1. The number of alkyl halides is 3. The van der Waals surface area contributed by atoms with E-state index in [0.717, 1.165) is 31.7 Å². The van der Waals surface area contributed by atoms with E-state index in [2.05, 4.69) is 4.98 Å². The Morgan fingerprint density at radius 3 is 2.50 bits per heavy atom. The van der Waals surface area contributed by atoms with Crippen LogP contribution < -0.4 is 9.47 Å². The molecule has 9 heteroatoms. The van der Waals surface area contributed by atoms with Gasteiger partial charge in [-0.3, -0.25) is 4.79 Å². The van der Waals surface area contributed by atoms with Crippen LogP contribution in [0.4, 0.5) is 13.2 Å². The minimum absolute atomic E-state index is 0.0152. The molecule has 1 spiro atoms. The summed E-state index contributed by atoms with van der Waals surface area (Å²) in [6.07, 6.45) is -0.753. The molecule has 168 valence electrons. The van der Waals surface area contributed by atoms with Crippen LogP contribution in [0.5, 0.6) is 11.8 Å². The van der Waals surface area contributed by atoms with Crippen LogP contribution in [-0.2, 0) is 11.0 Å². The van der Waals surface area contributed by atoms with Gasteiger partial charge < -0.3 is 19.5 Å². The molecule has 0 aromatic carbocycles. The number of pyridine rings is 1. The number of halogens is 3. The summed E-state index contributed by atoms with van der Waals surface area (Å²) in [4.78, 5) is 18.1. The van der Waals surface area contributed by atoms with Crippen molar-refractivity contribution in [3.05, 3.63) is 17.7 Å². The summed E-state index contributed by atoms with van der Waals surface area (Å²) in [5, 5.41) is 9.32. The number of aliphatic hydroxyl groups is 1. The van der Waals surface area contributed by atoms with Gasteiger partial charge in [-0.05, 0) is 45.1 Å². The minimum atomic E-state index is -4.53. The molecule has 2 fully saturated rings. The van der Waals surface area contributed by atoms with Crippen molar-refractivity contribution < 1.29 is 32.5 Å². The van der Waals surface area contributed by atoms with Crippen LogP contribution in [0.2, 0.25) is 0 Å². The molecule has 1 atom stereocenters. The Balaban J connectivity index is 1.54. The fourth-order valence-electron chi connectivity index (χ4n) is 4.32. The highest BCUT2D eigenvalue weighted by Crippen LogP contribution is 2.45. The van der Waals surface area contributed by atoms with Crippen molar-refractivity contribution in [1.82, 2.24) is 9.88 Å². The average molecular weight is 430 g/mol. The first-order chi connectivity index (χ1) is 14.2. The van der Waals surface area contributed by atoms with Crippen LogP contribution in [0, 0.1) is 11.3 Å². The molecule has 1 saturated carbocycles. The lowest BCUT2D eigenvalue weighted by molar-refractivity contribution is -0.152. The van der Waals surface area contributed by atoms with Crippen LogP contribution in [0.1, 0.15) is 51.5 Å². The smallest absolute Gasteiger partial charge is 0.421 e. The molecule has 3 rings (SSSR count). The molecule has 6 nitrogen and oxygen atoms in total. The van der Waals surface area contributed by atoms with E-state index in [1.54, 1.807) is 6.92 Å². The third-order valence-electron chi connectivity index (χ3n) is 6.13. The third-order valence-corrected chi connectivity index (χ3v) is 6.13. The van der Waals surface area contributed by atoms with Crippen molar-refractivity contribution in [2.75, 3.05) is 26.3 Å². The van der Waals surface area contributed by atoms with Gasteiger partial charge in [-0.2, -0.15) is 18.2 Å². The lowest BCUT2D eigenvalue weighted by Gasteiger charge is -2.54. The number of amides is 1. The van der Waals surface area contributed by atoms with Crippen molar-refractivity contribution in [2.24, 2.45) is 11.3 Å². The van der Waals surface area contributed by atoms with Crippen LogP contribution in [-0.4, -0.2) is 53.3 Å². The zero-order chi connectivity index (χ0) is 21.9. The molecule has 2 heterocycles. The second-order valence-corrected chi connectivity index (χ2v) is 8.23. The van der Waals surface area contributed by atoms with E-state index in [4.69, 9.17) is 9.47 Å². The minimum Gasteiger partial charge on any atom is -0.477 e. The molecule has 0 radical (unpaired) electrons. The fourth-order valence-corrected chi connectivity index (χ4v) is 4.32. The van der Waals surface area contributed by atoms with Crippen molar-refractivity contribution in [3.63, 3.8) is 0 Å². The highest BCUT2D eigenvalue weighted by Gasteiger charge is 2.48. The Morgan fingerprint density at radius 2 is 1.97 bits per heavy atom. The van der Waals surface area contributed by atoms with E-state index < -0.39 is 17.6 Å². The number of ether oxygens (including phenoxy) is 2. The number of carbonyl (C=O) groups excluding carboxylic acids is 1. The van der Waals surface area contributed by atoms with E-state index >= 15 is 0 Å². The van der Waals surface area contributed by atoms with E-state index in [1.165, 1.54) is 6.07 Å². The largest absolute Gasteiger partial charge is 0.477 e. The number of rotatable bonds is 7. The topological polar surface area (TPSA) is 71.9 Å². The Morgan fingerprint density at radius 1 is 1.30 bits per heavy atom. The average Bonchev–Trinajstić information content (AvgIpc) is 2.67. The van der Waals surface area contributed by atoms with Gasteiger partial charge in [0, 0.05) is 24.6 Å². The van der Waals surface area contributed by atoms with Gasteiger partial charge in [0.2, 0.25) is 17.7 Å². The summed E-state index contributed by atoms with van der Waals surface area (Å²) in [5.74, 6) is -0.641. The molecule has 1 aromatic heterocycles. The first kappa shape index (κ1) is 22.7. The van der Waals surface area contributed by atoms with Gasteiger partial charge in [0.15, 0.2) is 0 Å². The van der Waals surface area contributed by atoms with Crippen molar-refractivity contribution in [2.45, 2.75) is 58.2 Å². The van der Waals surface area contributed by atoms with Gasteiger partial charge in [0.05, 0.1) is 19.1 Å². The lowest BCUT2D eigenvalue weighted by atomic mass is 9.67. The number of nitrogens with zero attached hydrogens (tertiary/aromatic N) is 2.